The minimum absolute atomic E-state index is 0.0102. The van der Waals surface area contributed by atoms with E-state index in [-0.39, 0.29) is 34.5 Å². The number of nitrogens with one attached hydrogen (secondary N) is 1. The molecule has 3 aromatic carbocycles. The van der Waals surface area contributed by atoms with Gasteiger partial charge in [0.2, 0.25) is 5.90 Å². The van der Waals surface area contributed by atoms with Gasteiger partial charge in [-0.05, 0) is 72.8 Å². The number of thioether (sulfide) groups is 1. The highest BCUT2D eigenvalue weighted by Crippen LogP contribution is 2.45. The molecule has 44 heavy (non-hydrogen) atoms. The Morgan fingerprint density at radius 1 is 0.773 bits per heavy atom. The first kappa shape index (κ1) is 31.3. The number of allylic oxidation sites excluding steroid dienone is 1. The van der Waals surface area contributed by atoms with Crippen molar-refractivity contribution >= 4 is 52.1 Å². The van der Waals surface area contributed by atoms with E-state index in [1.54, 1.807) is 24.3 Å². The fourth-order valence-electron chi connectivity index (χ4n) is 3.85. The van der Waals surface area contributed by atoms with Gasteiger partial charge in [-0.1, -0.05) is 41.0 Å². The van der Waals surface area contributed by atoms with Gasteiger partial charge in [-0.3, -0.25) is 4.79 Å². The van der Waals surface area contributed by atoms with E-state index in [2.05, 4.69) is 9.98 Å². The van der Waals surface area contributed by atoms with Crippen LogP contribution in [0.15, 0.2) is 106 Å². The average Bonchev–Trinajstić information content (AvgIpc) is 3.59. The molecule has 2 heterocycles. The van der Waals surface area contributed by atoms with Crippen LogP contribution in [0.2, 0.25) is 10.0 Å². The lowest BCUT2D eigenvalue weighted by molar-refractivity contribution is -0.138. The van der Waals surface area contributed by atoms with Gasteiger partial charge in [-0.25, -0.2) is 4.99 Å². The quantitative estimate of drug-likeness (QED) is 0.121. The topological polar surface area (TPSA) is 63.7 Å². The van der Waals surface area contributed by atoms with Crippen LogP contribution in [0.1, 0.15) is 16.8 Å². The molecule has 0 unspecified atom stereocenters. The first-order valence-electron chi connectivity index (χ1n) is 12.3. The summed E-state index contributed by atoms with van der Waals surface area (Å²) < 4.78 is 89.0. The highest BCUT2D eigenvalue weighted by atomic mass is 35.5. The first-order chi connectivity index (χ1) is 20.8. The number of halogens is 8. The number of hydrogen-bond donors (Lipinski definition) is 1. The van der Waals surface area contributed by atoms with E-state index in [0.717, 1.165) is 48.2 Å². The summed E-state index contributed by atoms with van der Waals surface area (Å²) in [7, 11) is 0. The summed E-state index contributed by atoms with van der Waals surface area (Å²) in [5, 5.41) is 0.632. The molecular weight excluding hydrogens is 653 g/mol. The van der Waals surface area contributed by atoms with Crippen molar-refractivity contribution in [2.24, 2.45) is 4.99 Å². The number of aromatic amines is 1. The van der Waals surface area contributed by atoms with Gasteiger partial charge in [0.1, 0.15) is 11.5 Å². The van der Waals surface area contributed by atoms with Crippen molar-refractivity contribution in [1.29, 1.82) is 0 Å². The Hall–Kier alpha value is -4.13. The largest absolute Gasteiger partial charge is 0.441 e. The minimum Gasteiger partial charge on any atom is -0.441 e. The van der Waals surface area contributed by atoms with Crippen LogP contribution < -0.4 is 9.47 Å². The summed E-state index contributed by atoms with van der Waals surface area (Å²) in [5.74, 6) is 0.162. The summed E-state index contributed by atoms with van der Waals surface area (Å²) in [6, 6.07) is 16.0. The average molecular weight is 669 g/mol. The van der Waals surface area contributed by atoms with E-state index in [1.165, 1.54) is 24.3 Å². The number of alkyl halides is 6. The Balaban J connectivity index is 1.50. The number of carbonyl (C=O) groups is 1. The van der Waals surface area contributed by atoms with Crippen molar-refractivity contribution in [3.05, 3.63) is 123 Å². The number of hydrogen-bond acceptors (Lipinski definition) is 5. The Labute approximate surface area is 259 Å². The minimum atomic E-state index is -4.54. The van der Waals surface area contributed by atoms with Crippen LogP contribution in [0.5, 0.6) is 17.4 Å². The lowest BCUT2D eigenvalue weighted by Gasteiger charge is -2.11. The van der Waals surface area contributed by atoms with Crippen LogP contribution in [0, 0.1) is 0 Å². The molecule has 0 aliphatic carbocycles. The molecule has 0 atom stereocenters. The summed E-state index contributed by atoms with van der Waals surface area (Å²) in [4.78, 5) is 20.2. The van der Waals surface area contributed by atoms with E-state index in [9.17, 15) is 31.1 Å². The highest BCUT2D eigenvalue weighted by Gasteiger charge is 2.31. The third-order valence-electron chi connectivity index (χ3n) is 5.95. The van der Waals surface area contributed by atoms with Gasteiger partial charge in [0, 0.05) is 11.0 Å². The number of carbonyl (C=O) groups excluding carboxylic acids is 1. The predicted octanol–water partition coefficient (Wildman–Crippen LogP) is 10.2. The highest BCUT2D eigenvalue weighted by molar-refractivity contribution is 8.08. The molecule has 14 heteroatoms. The van der Waals surface area contributed by atoms with Crippen molar-refractivity contribution in [1.82, 2.24) is 4.98 Å². The van der Waals surface area contributed by atoms with E-state index in [0.29, 0.717) is 31.8 Å². The Morgan fingerprint density at radius 2 is 1.32 bits per heavy atom. The van der Waals surface area contributed by atoms with Crippen LogP contribution in [0.4, 0.5) is 26.3 Å². The van der Waals surface area contributed by atoms with Crippen molar-refractivity contribution in [2.75, 3.05) is 0 Å². The second-order valence-electron chi connectivity index (χ2n) is 8.99. The van der Waals surface area contributed by atoms with Crippen LogP contribution >= 0.6 is 35.0 Å². The number of nitrogens with zero attached hydrogens (tertiary/aromatic N) is 1. The number of ether oxygens (including phenoxy) is 2. The second kappa shape index (κ2) is 12.5. The number of aliphatic imine (C=N–C) groups is 1. The van der Waals surface area contributed by atoms with E-state index in [1.807, 2.05) is 0 Å². The third-order valence-corrected chi connectivity index (χ3v) is 8.08. The number of aromatic nitrogens is 1. The molecule has 226 valence electrons. The van der Waals surface area contributed by atoms with Crippen LogP contribution in [-0.4, -0.2) is 17.2 Å². The Bertz CT molecular complexity index is 1770. The summed E-state index contributed by atoms with van der Waals surface area (Å²) in [6.45, 7) is 0. The van der Waals surface area contributed by atoms with Gasteiger partial charge in [0.05, 0.1) is 43.0 Å². The van der Waals surface area contributed by atoms with Gasteiger partial charge >= 0.3 is 12.4 Å². The molecule has 4 aromatic rings. The van der Waals surface area contributed by atoms with Crippen molar-refractivity contribution < 1.29 is 40.6 Å². The maximum atomic E-state index is 13.0. The molecule has 0 amide bonds. The van der Waals surface area contributed by atoms with Gasteiger partial charge in [0.25, 0.3) is 0 Å². The normalized spacial score (nSPS) is 14.6. The fraction of sp³-hybridized carbons (Fsp3) is 0.0667. The summed E-state index contributed by atoms with van der Waals surface area (Å²) >= 11 is 13.9. The second-order valence-corrected chi connectivity index (χ2v) is 10.8. The number of H-pyrrole nitrogens is 1. The lowest BCUT2D eigenvalue weighted by Crippen LogP contribution is -2.10. The summed E-state index contributed by atoms with van der Waals surface area (Å²) in [5.41, 5.74) is -1.07. The van der Waals surface area contributed by atoms with Crippen LogP contribution in [-0.2, 0) is 17.1 Å². The molecule has 1 aliphatic heterocycles. The lowest BCUT2D eigenvalue weighted by atomic mass is 10.2. The molecule has 0 saturated heterocycles. The molecule has 0 bridgehead atoms. The molecule has 1 N–H and O–H groups in total. The summed E-state index contributed by atoms with van der Waals surface area (Å²) in [6.07, 6.45) is -7.14. The number of benzene rings is 3. The molecule has 0 fully saturated rings. The van der Waals surface area contributed by atoms with E-state index >= 15 is 0 Å². The molecule has 1 aromatic heterocycles. The zero-order valence-electron chi connectivity index (χ0n) is 21.8. The SMILES string of the molecule is O=CC1=C/C(=C(\Sc2c(Cl)cccc2Cl)c2ccc(Oc3ccc(C(F)(F)F)cc3)[nH]2)N=C1Oc1ccc(C(F)(F)F)cc1. The van der Waals surface area contributed by atoms with Gasteiger partial charge < -0.3 is 14.5 Å². The van der Waals surface area contributed by atoms with Crippen molar-refractivity contribution in [3.8, 4) is 17.4 Å². The van der Waals surface area contributed by atoms with Crippen LogP contribution in [0.3, 0.4) is 0 Å². The number of aldehydes is 1. The molecule has 0 radical (unpaired) electrons. The molecule has 1 aliphatic rings. The van der Waals surface area contributed by atoms with E-state index in [4.69, 9.17) is 32.7 Å². The van der Waals surface area contributed by atoms with E-state index < -0.39 is 23.5 Å². The van der Waals surface area contributed by atoms with Crippen molar-refractivity contribution in [2.45, 2.75) is 17.2 Å². The zero-order valence-corrected chi connectivity index (χ0v) is 24.1. The third kappa shape index (κ3) is 7.15. The van der Waals surface area contributed by atoms with Gasteiger partial charge in [-0.2, -0.15) is 26.3 Å². The monoisotopic (exact) mass is 668 g/mol. The molecule has 0 saturated carbocycles. The predicted molar refractivity (Wildman–Crippen MR) is 155 cm³/mol. The van der Waals surface area contributed by atoms with Gasteiger partial charge in [-0.15, -0.1) is 0 Å². The van der Waals surface area contributed by atoms with Crippen LogP contribution in [0.25, 0.3) is 4.91 Å². The molecule has 0 spiro atoms. The molecule has 5 rings (SSSR count). The smallest absolute Gasteiger partial charge is 0.416 e. The molecule has 5 nitrogen and oxygen atoms in total. The fourth-order valence-corrected chi connectivity index (χ4v) is 5.46. The van der Waals surface area contributed by atoms with Crippen molar-refractivity contribution in [3.63, 3.8) is 0 Å². The standard InChI is InChI=1S/C30H16Cl2F6N2O3S/c31-21-2-1-3-22(32)26(21)44-27(23-12-13-25(39-23)42-19-8-4-17(5-9-19)29(33,34)35)24-14-16(15-41)28(40-24)43-20-10-6-18(7-11-20)30(36,37)38/h1-15,39H/b27-24+. The maximum absolute atomic E-state index is 13.0. The number of rotatable bonds is 7. The maximum Gasteiger partial charge on any atom is 0.416 e. The molecular formula is C30H16Cl2F6N2O3S. The van der Waals surface area contributed by atoms with Gasteiger partial charge in [0.15, 0.2) is 12.2 Å². The Kier molecular flexibility index (Phi) is 8.87. The zero-order chi connectivity index (χ0) is 31.6. The Morgan fingerprint density at radius 3 is 1.84 bits per heavy atom. The first-order valence-corrected chi connectivity index (χ1v) is 13.9.